The summed E-state index contributed by atoms with van der Waals surface area (Å²) in [5, 5.41) is 28.4. The van der Waals surface area contributed by atoms with Crippen LogP contribution in [0, 0.1) is 10.1 Å². The van der Waals surface area contributed by atoms with E-state index in [0.717, 1.165) is 16.5 Å². The van der Waals surface area contributed by atoms with Gasteiger partial charge in [-0.05, 0) is 24.6 Å². The van der Waals surface area contributed by atoms with Gasteiger partial charge >= 0.3 is 0 Å². The monoisotopic (exact) mass is 448 g/mol. The summed E-state index contributed by atoms with van der Waals surface area (Å²) < 4.78 is 7.84. The van der Waals surface area contributed by atoms with Crippen LogP contribution in [-0.2, 0) is 13.0 Å². The Hall–Kier alpha value is -3.79. The summed E-state index contributed by atoms with van der Waals surface area (Å²) in [5.41, 5.74) is 1.77. The lowest BCUT2D eigenvalue weighted by atomic mass is 10.1. The number of nitrogens with zero attached hydrogens (tertiary/aromatic N) is 6. The fourth-order valence-corrected chi connectivity index (χ4v) is 3.99. The predicted octanol–water partition coefficient (Wildman–Crippen LogP) is 4.87. The summed E-state index contributed by atoms with van der Waals surface area (Å²) in [7, 11) is 0. The predicted molar refractivity (Wildman–Crippen MR) is 120 cm³/mol. The van der Waals surface area contributed by atoms with Gasteiger partial charge in [-0.2, -0.15) is 0 Å². The van der Waals surface area contributed by atoms with Gasteiger partial charge in [0, 0.05) is 30.7 Å². The SMILES string of the molecule is C=CCn1c(Cc2ccccc2)nnc1SC(C)c1nnc(-c2ccc([N+](=O)[O-])cc2)o1. The highest BCUT2D eigenvalue weighted by molar-refractivity contribution is 7.99. The van der Waals surface area contributed by atoms with Crippen molar-refractivity contribution < 1.29 is 9.34 Å². The number of thioether (sulfide) groups is 1. The zero-order valence-electron chi connectivity index (χ0n) is 17.3. The van der Waals surface area contributed by atoms with E-state index in [1.54, 1.807) is 12.1 Å². The van der Waals surface area contributed by atoms with Crippen molar-refractivity contribution in [2.45, 2.75) is 30.3 Å². The Balaban J connectivity index is 1.51. The van der Waals surface area contributed by atoms with Crippen LogP contribution in [0.4, 0.5) is 5.69 Å². The zero-order valence-corrected chi connectivity index (χ0v) is 18.1. The number of allylic oxidation sites excluding steroid dienone is 1. The van der Waals surface area contributed by atoms with Crippen LogP contribution < -0.4 is 0 Å². The number of benzene rings is 2. The summed E-state index contributed by atoms with van der Waals surface area (Å²) >= 11 is 1.47. The summed E-state index contributed by atoms with van der Waals surface area (Å²) in [4.78, 5) is 10.4. The van der Waals surface area contributed by atoms with Crippen molar-refractivity contribution in [2.24, 2.45) is 0 Å². The zero-order chi connectivity index (χ0) is 22.5. The molecule has 0 saturated carbocycles. The fraction of sp³-hybridized carbons (Fsp3) is 0.182. The van der Waals surface area contributed by atoms with E-state index < -0.39 is 4.92 Å². The average molecular weight is 449 g/mol. The van der Waals surface area contributed by atoms with Crippen molar-refractivity contribution in [3.63, 3.8) is 0 Å². The van der Waals surface area contributed by atoms with E-state index in [9.17, 15) is 10.1 Å². The van der Waals surface area contributed by atoms with Gasteiger partial charge < -0.3 is 8.98 Å². The highest BCUT2D eigenvalue weighted by Crippen LogP contribution is 2.35. The lowest BCUT2D eigenvalue weighted by molar-refractivity contribution is -0.384. The molecule has 1 atom stereocenters. The second-order valence-electron chi connectivity index (χ2n) is 6.97. The van der Waals surface area contributed by atoms with Crippen molar-refractivity contribution in [1.82, 2.24) is 25.0 Å². The second-order valence-corrected chi connectivity index (χ2v) is 8.28. The molecule has 0 bridgehead atoms. The number of nitro groups is 1. The molecule has 0 N–H and O–H groups in total. The number of hydrogen-bond donors (Lipinski definition) is 0. The number of non-ortho nitro benzene ring substituents is 1. The van der Waals surface area contributed by atoms with Crippen LogP contribution in [0.1, 0.15) is 29.5 Å². The van der Waals surface area contributed by atoms with Crippen LogP contribution in [0.5, 0.6) is 0 Å². The van der Waals surface area contributed by atoms with Gasteiger partial charge in [0.15, 0.2) is 5.16 Å². The first-order chi connectivity index (χ1) is 15.5. The van der Waals surface area contributed by atoms with E-state index in [-0.39, 0.29) is 10.9 Å². The minimum Gasteiger partial charge on any atom is -0.419 e. The number of hydrogen-bond acceptors (Lipinski definition) is 8. The average Bonchev–Trinajstić information content (AvgIpc) is 3.43. The molecule has 2 aromatic carbocycles. The molecular formula is C22H20N6O3S. The molecule has 0 amide bonds. The van der Waals surface area contributed by atoms with Gasteiger partial charge in [-0.1, -0.05) is 48.2 Å². The number of aromatic nitrogens is 5. The highest BCUT2D eigenvalue weighted by Gasteiger charge is 2.21. The van der Waals surface area contributed by atoms with Crippen molar-refractivity contribution in [2.75, 3.05) is 0 Å². The van der Waals surface area contributed by atoms with E-state index in [0.29, 0.717) is 30.3 Å². The molecular weight excluding hydrogens is 428 g/mol. The van der Waals surface area contributed by atoms with Crippen LogP contribution in [0.25, 0.3) is 11.5 Å². The Kier molecular flexibility index (Phi) is 6.41. The first-order valence-electron chi connectivity index (χ1n) is 9.87. The fourth-order valence-electron chi connectivity index (χ4n) is 3.08. The quantitative estimate of drug-likeness (QED) is 0.154. The third-order valence-electron chi connectivity index (χ3n) is 4.71. The van der Waals surface area contributed by atoms with Gasteiger partial charge in [-0.15, -0.1) is 27.0 Å². The van der Waals surface area contributed by atoms with Crippen LogP contribution in [0.2, 0.25) is 0 Å². The van der Waals surface area contributed by atoms with E-state index in [1.165, 1.54) is 23.9 Å². The largest absolute Gasteiger partial charge is 0.419 e. The van der Waals surface area contributed by atoms with E-state index in [4.69, 9.17) is 4.42 Å². The second kappa shape index (κ2) is 9.56. The Labute approximate surface area is 188 Å². The Morgan fingerprint density at radius 2 is 1.88 bits per heavy atom. The van der Waals surface area contributed by atoms with Crippen molar-refractivity contribution in [3.8, 4) is 11.5 Å². The normalized spacial score (nSPS) is 11.9. The van der Waals surface area contributed by atoms with Crippen LogP contribution >= 0.6 is 11.8 Å². The third kappa shape index (κ3) is 4.75. The smallest absolute Gasteiger partial charge is 0.269 e. The van der Waals surface area contributed by atoms with E-state index in [1.807, 2.05) is 35.8 Å². The number of nitro benzene ring substituents is 1. The van der Waals surface area contributed by atoms with Gasteiger partial charge in [0.1, 0.15) is 5.82 Å². The molecule has 0 aliphatic rings. The molecule has 0 aliphatic carbocycles. The molecule has 0 spiro atoms. The van der Waals surface area contributed by atoms with Gasteiger partial charge in [0.25, 0.3) is 5.69 Å². The van der Waals surface area contributed by atoms with Crippen molar-refractivity contribution in [1.29, 1.82) is 0 Å². The standard InChI is InChI=1S/C22H20N6O3S/c1-3-13-27-19(14-16-7-5-4-6-8-16)23-26-22(27)32-15(2)20-24-25-21(31-20)17-9-11-18(12-10-17)28(29)30/h3-12,15H,1,13-14H2,2H3. The maximum Gasteiger partial charge on any atom is 0.269 e. The molecule has 10 heteroatoms. The summed E-state index contributed by atoms with van der Waals surface area (Å²) in [6.45, 7) is 6.38. The first-order valence-corrected chi connectivity index (χ1v) is 10.7. The minimum atomic E-state index is -0.451. The van der Waals surface area contributed by atoms with Crippen LogP contribution in [-0.4, -0.2) is 29.9 Å². The summed E-state index contributed by atoms with van der Waals surface area (Å²) in [6.07, 6.45) is 2.48. The lowest BCUT2D eigenvalue weighted by Crippen LogP contribution is -2.05. The van der Waals surface area contributed by atoms with Gasteiger partial charge in [-0.25, -0.2) is 0 Å². The molecule has 9 nitrogen and oxygen atoms in total. The Bertz CT molecular complexity index is 1220. The lowest BCUT2D eigenvalue weighted by Gasteiger charge is -2.10. The van der Waals surface area contributed by atoms with Crippen molar-refractivity contribution in [3.05, 3.63) is 94.6 Å². The van der Waals surface area contributed by atoms with Crippen LogP contribution in [0.3, 0.4) is 0 Å². The molecule has 0 radical (unpaired) electrons. The van der Waals surface area contributed by atoms with Crippen molar-refractivity contribution >= 4 is 17.4 Å². The van der Waals surface area contributed by atoms with Gasteiger partial charge in [-0.3, -0.25) is 10.1 Å². The molecule has 0 aliphatic heterocycles. The molecule has 32 heavy (non-hydrogen) atoms. The van der Waals surface area contributed by atoms with Crippen LogP contribution in [0.15, 0.2) is 76.8 Å². The summed E-state index contributed by atoms with van der Waals surface area (Å²) in [5.74, 6) is 1.59. The van der Waals surface area contributed by atoms with Gasteiger partial charge in [0.2, 0.25) is 11.8 Å². The minimum absolute atomic E-state index is 0.00488. The van der Waals surface area contributed by atoms with Gasteiger partial charge in [0.05, 0.1) is 10.2 Å². The molecule has 0 saturated heterocycles. The Morgan fingerprint density at radius 1 is 1.12 bits per heavy atom. The molecule has 162 valence electrons. The maximum absolute atomic E-state index is 10.8. The first kappa shape index (κ1) is 21.4. The maximum atomic E-state index is 10.8. The number of rotatable bonds is 9. The highest BCUT2D eigenvalue weighted by atomic mass is 32.2. The topological polar surface area (TPSA) is 113 Å². The van der Waals surface area contributed by atoms with E-state index in [2.05, 4.69) is 39.1 Å². The van der Waals surface area contributed by atoms with E-state index >= 15 is 0 Å². The molecule has 2 aromatic heterocycles. The third-order valence-corrected chi connectivity index (χ3v) is 5.77. The molecule has 0 fully saturated rings. The molecule has 4 rings (SSSR count). The Morgan fingerprint density at radius 3 is 2.56 bits per heavy atom. The molecule has 2 heterocycles. The molecule has 1 unspecified atom stereocenters. The summed E-state index contributed by atoms with van der Waals surface area (Å²) in [6, 6.07) is 16.1. The molecule has 4 aromatic rings.